The summed E-state index contributed by atoms with van der Waals surface area (Å²) in [5.41, 5.74) is 1.83. The molecule has 0 aromatic carbocycles. The lowest BCUT2D eigenvalue weighted by Gasteiger charge is -2.46. The van der Waals surface area contributed by atoms with Gasteiger partial charge in [-0.15, -0.1) is 22.7 Å². The Labute approximate surface area is 163 Å². The van der Waals surface area contributed by atoms with Crippen molar-refractivity contribution in [2.45, 2.75) is 24.9 Å². The van der Waals surface area contributed by atoms with Gasteiger partial charge in [0.1, 0.15) is 16.2 Å². The average molecular weight is 406 g/mol. The van der Waals surface area contributed by atoms with Gasteiger partial charge in [0.15, 0.2) is 0 Å². The summed E-state index contributed by atoms with van der Waals surface area (Å²) in [5, 5.41) is 12.4. The zero-order valence-corrected chi connectivity index (χ0v) is 16.1. The summed E-state index contributed by atoms with van der Waals surface area (Å²) in [6, 6.07) is 0.968. The Balaban J connectivity index is 1.47. The first kappa shape index (κ1) is 16.4. The van der Waals surface area contributed by atoms with Crippen LogP contribution in [0.2, 0.25) is 5.02 Å². The van der Waals surface area contributed by atoms with Gasteiger partial charge in [0.25, 0.3) is 5.91 Å². The lowest BCUT2D eigenvalue weighted by molar-refractivity contribution is 0.102. The SMILES string of the molecule is O=C(Nc1cscc1Cl)c1csc2ncc(N3C[C@@H]4CC[C@H]3CN4)nc12. The second-order valence-electron chi connectivity index (χ2n) is 6.61. The van der Waals surface area contributed by atoms with E-state index in [1.807, 2.05) is 17.0 Å². The lowest BCUT2D eigenvalue weighted by atomic mass is 9.93. The van der Waals surface area contributed by atoms with Crippen LogP contribution in [-0.4, -0.2) is 41.0 Å². The third-order valence-corrected chi connectivity index (χ3v) is 7.08. The Bertz CT molecular complexity index is 979. The summed E-state index contributed by atoms with van der Waals surface area (Å²) in [7, 11) is 0. The number of halogens is 1. The van der Waals surface area contributed by atoms with E-state index in [1.54, 1.807) is 5.38 Å². The van der Waals surface area contributed by atoms with E-state index in [0.717, 1.165) is 23.7 Å². The second-order valence-corrected chi connectivity index (χ2v) is 8.62. The van der Waals surface area contributed by atoms with Crippen molar-refractivity contribution in [3.05, 3.63) is 32.9 Å². The lowest BCUT2D eigenvalue weighted by Crippen LogP contribution is -2.61. The molecule has 0 spiro atoms. The first-order valence-corrected chi connectivity index (χ1v) is 10.7. The minimum atomic E-state index is -0.204. The number of rotatable bonds is 3. The fraction of sp³-hybridized carbons (Fsp3) is 0.353. The van der Waals surface area contributed by atoms with Crippen LogP contribution in [0, 0.1) is 0 Å². The molecule has 2 bridgehead atoms. The van der Waals surface area contributed by atoms with Crippen LogP contribution in [-0.2, 0) is 0 Å². The number of amides is 1. The zero-order chi connectivity index (χ0) is 17.7. The van der Waals surface area contributed by atoms with E-state index in [9.17, 15) is 4.79 Å². The number of thiophene rings is 2. The molecular formula is C17H16ClN5OS2. The van der Waals surface area contributed by atoms with Crippen LogP contribution in [0.15, 0.2) is 22.3 Å². The van der Waals surface area contributed by atoms with Gasteiger partial charge in [0.05, 0.1) is 22.5 Å². The molecule has 9 heteroatoms. The molecular weight excluding hydrogens is 390 g/mol. The molecule has 26 heavy (non-hydrogen) atoms. The summed E-state index contributed by atoms with van der Waals surface area (Å²) in [5.74, 6) is 0.652. The highest BCUT2D eigenvalue weighted by atomic mass is 35.5. The van der Waals surface area contributed by atoms with Crippen LogP contribution >= 0.6 is 34.3 Å². The normalized spacial score (nSPS) is 22.1. The summed E-state index contributed by atoms with van der Waals surface area (Å²) < 4.78 is 0. The Morgan fingerprint density at radius 1 is 1.35 bits per heavy atom. The molecule has 3 aromatic rings. The third-order valence-electron chi connectivity index (χ3n) is 5.02. The number of anilines is 2. The fourth-order valence-electron chi connectivity index (χ4n) is 3.65. The highest BCUT2D eigenvalue weighted by molar-refractivity contribution is 7.17. The van der Waals surface area contributed by atoms with Crippen molar-refractivity contribution in [1.29, 1.82) is 0 Å². The van der Waals surface area contributed by atoms with Gasteiger partial charge in [-0.25, -0.2) is 9.97 Å². The Kier molecular flexibility index (Phi) is 4.08. The van der Waals surface area contributed by atoms with Crippen molar-refractivity contribution in [2.24, 2.45) is 0 Å². The molecule has 3 saturated heterocycles. The molecule has 6 rings (SSSR count). The summed E-state index contributed by atoms with van der Waals surface area (Å²) >= 11 is 8.97. The van der Waals surface area contributed by atoms with E-state index in [-0.39, 0.29) is 5.91 Å². The molecule has 2 atom stereocenters. The molecule has 0 radical (unpaired) electrons. The topological polar surface area (TPSA) is 70.2 Å². The van der Waals surface area contributed by atoms with Crippen LogP contribution in [0.25, 0.3) is 10.3 Å². The molecule has 134 valence electrons. The van der Waals surface area contributed by atoms with Crippen LogP contribution in [0.3, 0.4) is 0 Å². The van der Waals surface area contributed by atoms with Gasteiger partial charge < -0.3 is 15.5 Å². The minimum absolute atomic E-state index is 0.204. The molecule has 6 heterocycles. The largest absolute Gasteiger partial charge is 0.349 e. The molecule has 6 nitrogen and oxygen atoms in total. The molecule has 2 N–H and O–H groups in total. The monoisotopic (exact) mass is 405 g/mol. The summed E-state index contributed by atoms with van der Waals surface area (Å²) in [6.07, 6.45) is 4.21. The number of piperazine rings is 1. The predicted octanol–water partition coefficient (Wildman–Crippen LogP) is 3.60. The second kappa shape index (κ2) is 6.45. The smallest absolute Gasteiger partial charge is 0.258 e. The Morgan fingerprint density at radius 3 is 2.96 bits per heavy atom. The summed E-state index contributed by atoms with van der Waals surface area (Å²) in [4.78, 5) is 25.2. The molecule has 3 aromatic heterocycles. The van der Waals surface area contributed by atoms with Crippen molar-refractivity contribution in [3.63, 3.8) is 0 Å². The van der Waals surface area contributed by atoms with Crippen LogP contribution < -0.4 is 15.5 Å². The molecule has 3 aliphatic rings. The third kappa shape index (κ3) is 2.77. The number of hydrogen-bond donors (Lipinski definition) is 2. The van der Waals surface area contributed by atoms with Gasteiger partial charge in [0.2, 0.25) is 0 Å². The van der Waals surface area contributed by atoms with E-state index in [0.29, 0.717) is 33.9 Å². The number of hydrogen-bond acceptors (Lipinski definition) is 7. The van der Waals surface area contributed by atoms with E-state index < -0.39 is 0 Å². The minimum Gasteiger partial charge on any atom is -0.349 e. The first-order valence-electron chi connectivity index (χ1n) is 8.46. The standard InChI is InChI=1S/C17H16ClN5OS2/c18-12-7-25-8-13(12)21-16(24)11-6-26-17-15(11)22-14(4-20-17)23-5-9-1-2-10(23)3-19-9/h4,6-10,19H,1-3,5H2,(H,21,24)/t9-,10-/m0/s1. The van der Waals surface area contributed by atoms with Gasteiger partial charge in [-0.2, -0.15) is 0 Å². The Hall–Kier alpha value is -1.74. The predicted molar refractivity (Wildman–Crippen MR) is 107 cm³/mol. The number of aromatic nitrogens is 2. The van der Waals surface area contributed by atoms with E-state index in [2.05, 4.69) is 20.5 Å². The summed E-state index contributed by atoms with van der Waals surface area (Å²) in [6.45, 7) is 1.93. The van der Waals surface area contributed by atoms with Gasteiger partial charge >= 0.3 is 0 Å². The highest BCUT2D eigenvalue weighted by Crippen LogP contribution is 2.31. The maximum atomic E-state index is 12.7. The van der Waals surface area contributed by atoms with Crippen molar-refractivity contribution < 1.29 is 4.79 Å². The number of carbonyl (C=O) groups is 1. The molecule has 1 amide bonds. The van der Waals surface area contributed by atoms with Crippen LogP contribution in [0.4, 0.5) is 11.5 Å². The van der Waals surface area contributed by atoms with Crippen molar-refractivity contribution in [3.8, 4) is 0 Å². The maximum Gasteiger partial charge on any atom is 0.258 e. The van der Waals surface area contributed by atoms with Gasteiger partial charge in [-0.1, -0.05) is 11.6 Å². The average Bonchev–Trinajstić information content (AvgIpc) is 3.28. The number of fused-ring (bicyclic) bond motifs is 4. The number of nitrogens with one attached hydrogen (secondary N) is 2. The van der Waals surface area contributed by atoms with Crippen molar-refractivity contribution >= 4 is 62.0 Å². The van der Waals surface area contributed by atoms with Gasteiger partial charge in [0, 0.05) is 41.3 Å². The zero-order valence-electron chi connectivity index (χ0n) is 13.7. The quantitative estimate of drug-likeness (QED) is 0.696. The van der Waals surface area contributed by atoms with Crippen molar-refractivity contribution in [1.82, 2.24) is 15.3 Å². The van der Waals surface area contributed by atoms with Crippen LogP contribution in [0.1, 0.15) is 23.2 Å². The number of nitrogens with zero attached hydrogens (tertiary/aromatic N) is 3. The molecule has 0 aliphatic carbocycles. The van der Waals surface area contributed by atoms with E-state index >= 15 is 0 Å². The van der Waals surface area contributed by atoms with Gasteiger partial charge in [-0.3, -0.25) is 4.79 Å². The molecule has 0 saturated carbocycles. The Morgan fingerprint density at radius 2 is 2.27 bits per heavy atom. The van der Waals surface area contributed by atoms with E-state index in [4.69, 9.17) is 16.6 Å². The number of carbonyl (C=O) groups excluding carboxylic acids is 1. The molecule has 3 fully saturated rings. The number of piperidine rings is 2. The first-order chi connectivity index (χ1) is 12.7. The maximum absolute atomic E-state index is 12.7. The van der Waals surface area contributed by atoms with Crippen LogP contribution in [0.5, 0.6) is 0 Å². The molecule has 0 unspecified atom stereocenters. The van der Waals surface area contributed by atoms with Crippen molar-refractivity contribution in [2.75, 3.05) is 23.3 Å². The fourth-order valence-corrected chi connectivity index (χ4v) is 5.44. The molecule has 3 aliphatic heterocycles. The van der Waals surface area contributed by atoms with E-state index in [1.165, 1.54) is 35.5 Å². The van der Waals surface area contributed by atoms with Gasteiger partial charge in [-0.05, 0) is 12.8 Å². The highest BCUT2D eigenvalue weighted by Gasteiger charge is 2.34.